The van der Waals surface area contributed by atoms with E-state index in [2.05, 4.69) is 10.6 Å². The first-order chi connectivity index (χ1) is 16.4. The zero-order valence-electron chi connectivity index (χ0n) is 20.3. The van der Waals surface area contributed by atoms with Crippen molar-refractivity contribution >= 4 is 29.6 Å². The van der Waals surface area contributed by atoms with Crippen LogP contribution in [0, 0.1) is 13.8 Å². The van der Waals surface area contributed by atoms with E-state index in [4.69, 9.17) is 18.9 Å². The van der Waals surface area contributed by atoms with Gasteiger partial charge in [0.25, 0.3) is 0 Å². The monoisotopic (exact) mass is 462 g/mol. The highest BCUT2D eigenvalue weighted by atomic mass is 16.5. The molecule has 3 aromatic rings. The van der Waals surface area contributed by atoms with Crippen molar-refractivity contribution in [1.82, 2.24) is 0 Å². The van der Waals surface area contributed by atoms with Gasteiger partial charge in [-0.25, -0.2) is 4.79 Å². The Kier molecular flexibility index (Phi) is 8.03. The molecule has 0 bridgehead atoms. The van der Waals surface area contributed by atoms with Crippen LogP contribution >= 0.6 is 0 Å². The van der Waals surface area contributed by atoms with Crippen molar-refractivity contribution in [3.05, 3.63) is 70.8 Å². The smallest absolute Gasteiger partial charge is 0.323 e. The fraction of sp³-hybridized carbons (Fsp3) is 0.222. The number of aryl methyl sites for hydroxylation is 2. The third kappa shape index (κ3) is 5.61. The van der Waals surface area contributed by atoms with Crippen LogP contribution in [0.25, 0.3) is 12.2 Å². The number of anilines is 2. The molecule has 3 rings (SSSR count). The minimum Gasteiger partial charge on any atom is -0.495 e. The molecule has 0 aliphatic carbocycles. The third-order valence-electron chi connectivity index (χ3n) is 5.35. The lowest BCUT2D eigenvalue weighted by molar-refractivity contribution is 0.262. The number of hydrogen-bond acceptors (Lipinski definition) is 5. The van der Waals surface area contributed by atoms with E-state index in [9.17, 15) is 4.79 Å². The fourth-order valence-corrected chi connectivity index (χ4v) is 3.60. The van der Waals surface area contributed by atoms with E-state index in [0.29, 0.717) is 28.7 Å². The normalized spacial score (nSPS) is 10.6. The van der Waals surface area contributed by atoms with Gasteiger partial charge >= 0.3 is 6.03 Å². The van der Waals surface area contributed by atoms with E-state index in [1.807, 2.05) is 74.5 Å². The van der Waals surface area contributed by atoms with Gasteiger partial charge in [0.1, 0.15) is 5.75 Å². The summed E-state index contributed by atoms with van der Waals surface area (Å²) in [5, 5.41) is 5.82. The van der Waals surface area contributed by atoms with Crippen molar-refractivity contribution in [3.8, 4) is 23.0 Å². The highest BCUT2D eigenvalue weighted by molar-refractivity contribution is 6.01. The van der Waals surface area contributed by atoms with Crippen LogP contribution in [0.1, 0.15) is 22.3 Å². The largest absolute Gasteiger partial charge is 0.495 e. The maximum Gasteiger partial charge on any atom is 0.323 e. The third-order valence-corrected chi connectivity index (χ3v) is 5.35. The van der Waals surface area contributed by atoms with Crippen LogP contribution in [0.5, 0.6) is 23.0 Å². The molecule has 2 amide bonds. The summed E-state index contributed by atoms with van der Waals surface area (Å²) >= 11 is 0. The van der Waals surface area contributed by atoms with Gasteiger partial charge in [-0.15, -0.1) is 0 Å². The topological polar surface area (TPSA) is 78.1 Å². The molecule has 0 fully saturated rings. The first kappa shape index (κ1) is 24.5. The number of hydrogen-bond donors (Lipinski definition) is 2. The number of amides is 2. The van der Waals surface area contributed by atoms with Gasteiger partial charge in [0, 0.05) is 5.69 Å². The summed E-state index contributed by atoms with van der Waals surface area (Å²) in [7, 11) is 6.29. The Morgan fingerprint density at radius 3 is 1.85 bits per heavy atom. The van der Waals surface area contributed by atoms with E-state index in [0.717, 1.165) is 27.9 Å². The molecule has 0 spiro atoms. The lowest BCUT2D eigenvalue weighted by atomic mass is 10.1. The minimum atomic E-state index is -0.346. The van der Waals surface area contributed by atoms with E-state index >= 15 is 0 Å². The average molecular weight is 463 g/mol. The van der Waals surface area contributed by atoms with Gasteiger partial charge < -0.3 is 29.6 Å². The molecule has 0 radical (unpaired) electrons. The van der Waals surface area contributed by atoms with Crippen molar-refractivity contribution < 1.29 is 23.7 Å². The van der Waals surface area contributed by atoms with E-state index in [-0.39, 0.29) is 6.03 Å². The quantitative estimate of drug-likeness (QED) is 0.393. The number of carbonyl (C=O) groups is 1. The van der Waals surface area contributed by atoms with Crippen molar-refractivity contribution in [3.63, 3.8) is 0 Å². The highest BCUT2D eigenvalue weighted by Gasteiger charge is 2.13. The Labute approximate surface area is 200 Å². The van der Waals surface area contributed by atoms with Crippen LogP contribution in [0.2, 0.25) is 0 Å². The molecule has 0 saturated carbocycles. The molecule has 0 unspecified atom stereocenters. The molecular formula is C27H30N2O5. The maximum atomic E-state index is 12.7. The molecule has 0 aliphatic heterocycles. The van der Waals surface area contributed by atoms with Gasteiger partial charge in [-0.1, -0.05) is 36.4 Å². The molecular weight excluding hydrogens is 432 g/mol. The van der Waals surface area contributed by atoms with Gasteiger partial charge in [-0.2, -0.15) is 0 Å². The molecule has 0 atom stereocenters. The second-order valence-corrected chi connectivity index (χ2v) is 7.60. The summed E-state index contributed by atoms with van der Waals surface area (Å²) in [5.41, 5.74) is 5.06. The molecule has 0 aliphatic rings. The molecule has 3 aromatic carbocycles. The summed E-state index contributed by atoms with van der Waals surface area (Å²) in [5.74, 6) is 2.23. The number of carbonyl (C=O) groups excluding carboxylic acids is 1. The summed E-state index contributed by atoms with van der Waals surface area (Å²) in [6.45, 7) is 3.91. The fourth-order valence-electron chi connectivity index (χ4n) is 3.60. The van der Waals surface area contributed by atoms with Gasteiger partial charge in [-0.05, 0) is 60.4 Å². The van der Waals surface area contributed by atoms with Crippen molar-refractivity contribution in [2.75, 3.05) is 39.1 Å². The van der Waals surface area contributed by atoms with Crippen LogP contribution in [-0.2, 0) is 0 Å². The molecule has 0 saturated heterocycles. The van der Waals surface area contributed by atoms with Crippen LogP contribution < -0.4 is 29.6 Å². The maximum absolute atomic E-state index is 12.7. The first-order valence-corrected chi connectivity index (χ1v) is 10.7. The van der Waals surface area contributed by atoms with Gasteiger partial charge in [0.15, 0.2) is 11.5 Å². The summed E-state index contributed by atoms with van der Waals surface area (Å²) in [6.07, 6.45) is 3.85. The van der Waals surface area contributed by atoms with Crippen molar-refractivity contribution in [1.29, 1.82) is 0 Å². The second-order valence-electron chi connectivity index (χ2n) is 7.60. The summed E-state index contributed by atoms with van der Waals surface area (Å²) in [4.78, 5) is 12.7. The number of benzene rings is 3. The predicted octanol–water partition coefficient (Wildman–Crippen LogP) is 6.15. The Bertz CT molecular complexity index is 1160. The van der Waals surface area contributed by atoms with Crippen molar-refractivity contribution in [2.24, 2.45) is 0 Å². The molecule has 34 heavy (non-hydrogen) atoms. The minimum absolute atomic E-state index is 0.346. The number of methoxy groups -OCH3 is 4. The zero-order chi connectivity index (χ0) is 24.7. The molecule has 7 nitrogen and oxygen atoms in total. The molecule has 178 valence electrons. The van der Waals surface area contributed by atoms with Crippen LogP contribution in [-0.4, -0.2) is 34.5 Å². The molecule has 7 heteroatoms. The van der Waals surface area contributed by atoms with E-state index in [1.165, 1.54) is 0 Å². The standard InChI is InChI=1S/C27H30N2O5/c1-17-8-7-9-18(2)25(17)29-27(30)28-21-14-19(12-13-22(21)31-3)10-11-20-15-23(32-4)26(34-6)24(16-20)33-5/h7-16H,1-6H3,(H2,28,29,30)/b11-10-. The average Bonchev–Trinajstić information content (AvgIpc) is 2.84. The summed E-state index contributed by atoms with van der Waals surface area (Å²) in [6, 6.07) is 14.8. The van der Waals surface area contributed by atoms with Gasteiger partial charge in [0.2, 0.25) is 5.75 Å². The van der Waals surface area contributed by atoms with E-state index in [1.54, 1.807) is 28.4 Å². The van der Waals surface area contributed by atoms with Gasteiger partial charge in [-0.3, -0.25) is 0 Å². The molecule has 2 N–H and O–H groups in total. The Morgan fingerprint density at radius 2 is 1.29 bits per heavy atom. The SMILES string of the molecule is COc1ccc(/C=C\c2cc(OC)c(OC)c(OC)c2)cc1NC(=O)Nc1c(C)cccc1C. The number of nitrogens with one attached hydrogen (secondary N) is 2. The molecule has 0 heterocycles. The van der Waals surface area contributed by atoms with Gasteiger partial charge in [0.05, 0.1) is 34.1 Å². The Morgan fingerprint density at radius 1 is 0.706 bits per heavy atom. The zero-order valence-corrected chi connectivity index (χ0v) is 20.3. The van der Waals surface area contributed by atoms with Crippen LogP contribution in [0.15, 0.2) is 48.5 Å². The number of urea groups is 1. The lowest BCUT2D eigenvalue weighted by Gasteiger charge is -2.15. The number of ether oxygens (including phenoxy) is 4. The van der Waals surface area contributed by atoms with Crippen LogP contribution in [0.3, 0.4) is 0 Å². The Hall–Kier alpha value is -4.13. The second kappa shape index (κ2) is 11.1. The highest BCUT2D eigenvalue weighted by Crippen LogP contribution is 2.38. The predicted molar refractivity (Wildman–Crippen MR) is 137 cm³/mol. The van der Waals surface area contributed by atoms with Crippen molar-refractivity contribution in [2.45, 2.75) is 13.8 Å². The van der Waals surface area contributed by atoms with E-state index < -0.39 is 0 Å². The molecule has 0 aromatic heterocycles. The lowest BCUT2D eigenvalue weighted by Crippen LogP contribution is -2.21. The van der Waals surface area contributed by atoms with Crippen LogP contribution in [0.4, 0.5) is 16.2 Å². The Balaban J connectivity index is 1.84. The first-order valence-electron chi connectivity index (χ1n) is 10.7. The number of rotatable bonds is 8. The number of para-hydroxylation sites is 1. The summed E-state index contributed by atoms with van der Waals surface area (Å²) < 4.78 is 21.7.